The predicted octanol–water partition coefficient (Wildman–Crippen LogP) is 1.91. The first-order chi connectivity index (χ1) is 10.4. The van der Waals surface area contributed by atoms with E-state index in [1.165, 1.54) is 24.3 Å². The lowest BCUT2D eigenvalue weighted by Crippen LogP contribution is -2.59. The molecule has 1 aliphatic heterocycles. The molecule has 8 heteroatoms. The molecule has 0 saturated carbocycles. The fraction of sp³-hybridized carbons (Fsp3) is 0.214. The number of halogens is 2. The van der Waals surface area contributed by atoms with Crippen molar-refractivity contribution in [1.29, 1.82) is 0 Å². The van der Waals surface area contributed by atoms with E-state index in [4.69, 9.17) is 23.2 Å². The lowest BCUT2D eigenvalue weighted by molar-refractivity contribution is -0.147. The van der Waals surface area contributed by atoms with Gasteiger partial charge >= 0.3 is 6.03 Å². The highest BCUT2D eigenvalue weighted by Gasteiger charge is 2.45. The SMILES string of the molecule is C=CCN1C(=O)NC(=O)[C@@H]([C@H](O)c2cccc(Cl)c2Cl)C1=O. The van der Waals surface area contributed by atoms with Crippen LogP contribution >= 0.6 is 23.2 Å². The number of aliphatic hydroxyl groups is 1. The van der Waals surface area contributed by atoms with Crippen LogP contribution in [-0.4, -0.2) is 34.4 Å². The lowest BCUT2D eigenvalue weighted by atomic mass is 9.92. The summed E-state index contributed by atoms with van der Waals surface area (Å²) >= 11 is 11.9. The molecule has 1 saturated heterocycles. The Hall–Kier alpha value is -1.89. The van der Waals surface area contributed by atoms with Gasteiger partial charge in [-0.2, -0.15) is 0 Å². The Morgan fingerprint density at radius 3 is 2.68 bits per heavy atom. The second-order valence-electron chi connectivity index (χ2n) is 4.60. The smallest absolute Gasteiger partial charge is 0.331 e. The van der Waals surface area contributed by atoms with Gasteiger partial charge in [-0.3, -0.25) is 19.8 Å². The van der Waals surface area contributed by atoms with E-state index >= 15 is 0 Å². The first kappa shape index (κ1) is 16.5. The monoisotopic (exact) mass is 342 g/mol. The minimum Gasteiger partial charge on any atom is -0.387 e. The van der Waals surface area contributed by atoms with Crippen LogP contribution in [0.3, 0.4) is 0 Å². The van der Waals surface area contributed by atoms with Gasteiger partial charge in [0.2, 0.25) is 11.8 Å². The summed E-state index contributed by atoms with van der Waals surface area (Å²) in [6, 6.07) is 3.64. The van der Waals surface area contributed by atoms with Gasteiger partial charge in [-0.1, -0.05) is 41.4 Å². The molecule has 2 rings (SSSR count). The summed E-state index contributed by atoms with van der Waals surface area (Å²) < 4.78 is 0. The summed E-state index contributed by atoms with van der Waals surface area (Å²) in [6.07, 6.45) is -0.192. The fourth-order valence-corrected chi connectivity index (χ4v) is 2.56. The van der Waals surface area contributed by atoms with E-state index in [-0.39, 0.29) is 22.2 Å². The molecular weight excluding hydrogens is 331 g/mol. The maximum Gasteiger partial charge on any atom is 0.331 e. The molecule has 2 atom stereocenters. The number of carbonyl (C=O) groups is 3. The van der Waals surface area contributed by atoms with Crippen LogP contribution < -0.4 is 5.32 Å². The van der Waals surface area contributed by atoms with Crippen molar-refractivity contribution in [3.8, 4) is 0 Å². The molecule has 6 nitrogen and oxygen atoms in total. The summed E-state index contributed by atoms with van der Waals surface area (Å²) in [5.74, 6) is -3.20. The number of amides is 4. The van der Waals surface area contributed by atoms with Crippen LogP contribution in [0, 0.1) is 5.92 Å². The molecule has 0 aliphatic carbocycles. The molecule has 4 amide bonds. The predicted molar refractivity (Wildman–Crippen MR) is 80.4 cm³/mol. The van der Waals surface area contributed by atoms with Crippen LogP contribution in [0.5, 0.6) is 0 Å². The minimum atomic E-state index is -1.53. The van der Waals surface area contributed by atoms with E-state index < -0.39 is 29.9 Å². The number of hydrogen-bond acceptors (Lipinski definition) is 4. The Balaban J connectivity index is 2.38. The minimum absolute atomic E-state index is 0.0458. The lowest BCUT2D eigenvalue weighted by Gasteiger charge is -2.32. The van der Waals surface area contributed by atoms with Gasteiger partial charge in [-0.05, 0) is 6.07 Å². The Bertz CT molecular complexity index is 662. The topological polar surface area (TPSA) is 86.7 Å². The number of carbonyl (C=O) groups excluding carboxylic acids is 3. The molecule has 2 N–H and O–H groups in total. The van der Waals surface area contributed by atoms with Crippen LogP contribution in [0.15, 0.2) is 30.9 Å². The zero-order valence-electron chi connectivity index (χ0n) is 11.3. The average Bonchev–Trinajstić information content (AvgIpc) is 2.46. The van der Waals surface area contributed by atoms with Crippen LogP contribution in [0.4, 0.5) is 4.79 Å². The molecule has 0 bridgehead atoms. The molecule has 0 radical (unpaired) electrons. The third kappa shape index (κ3) is 2.85. The van der Waals surface area contributed by atoms with E-state index in [9.17, 15) is 19.5 Å². The van der Waals surface area contributed by atoms with E-state index in [2.05, 4.69) is 6.58 Å². The zero-order chi connectivity index (χ0) is 16.4. The molecule has 1 aliphatic rings. The maximum atomic E-state index is 12.3. The van der Waals surface area contributed by atoms with Gasteiger partial charge in [-0.25, -0.2) is 4.79 Å². The van der Waals surface area contributed by atoms with Gasteiger partial charge in [0.25, 0.3) is 0 Å². The first-order valence-corrected chi connectivity index (χ1v) is 7.03. The Morgan fingerprint density at radius 2 is 2.05 bits per heavy atom. The molecule has 0 aromatic heterocycles. The van der Waals surface area contributed by atoms with Crippen molar-refractivity contribution in [3.05, 3.63) is 46.5 Å². The number of aliphatic hydroxyl groups excluding tert-OH is 1. The van der Waals surface area contributed by atoms with Crippen LogP contribution in [-0.2, 0) is 9.59 Å². The van der Waals surface area contributed by atoms with Gasteiger partial charge in [0.1, 0.15) is 12.0 Å². The van der Waals surface area contributed by atoms with Crippen molar-refractivity contribution in [2.45, 2.75) is 6.10 Å². The highest BCUT2D eigenvalue weighted by atomic mass is 35.5. The second-order valence-corrected chi connectivity index (χ2v) is 5.38. The van der Waals surface area contributed by atoms with Crippen LogP contribution in [0.25, 0.3) is 0 Å². The Kier molecular flexibility index (Phi) is 4.85. The Labute approximate surface area is 136 Å². The second kappa shape index (κ2) is 6.48. The summed E-state index contributed by atoms with van der Waals surface area (Å²) in [7, 11) is 0. The maximum absolute atomic E-state index is 12.3. The first-order valence-electron chi connectivity index (χ1n) is 6.27. The number of nitrogens with zero attached hydrogens (tertiary/aromatic N) is 1. The summed E-state index contributed by atoms with van der Waals surface area (Å²) in [5.41, 5.74) is 0.135. The normalized spacial score (nSPS) is 19.9. The molecule has 0 unspecified atom stereocenters. The molecule has 0 spiro atoms. The zero-order valence-corrected chi connectivity index (χ0v) is 12.8. The summed E-state index contributed by atoms with van der Waals surface area (Å²) in [6.45, 7) is 3.36. The summed E-state index contributed by atoms with van der Waals surface area (Å²) in [4.78, 5) is 36.7. The third-order valence-corrected chi connectivity index (χ3v) is 4.05. The number of imide groups is 2. The number of rotatable bonds is 4. The van der Waals surface area contributed by atoms with E-state index in [1.54, 1.807) is 0 Å². The number of barbiturate groups is 1. The van der Waals surface area contributed by atoms with Gasteiger partial charge in [0.05, 0.1) is 10.0 Å². The molecule has 1 aromatic carbocycles. The number of nitrogens with one attached hydrogen (secondary N) is 1. The molecule has 1 fully saturated rings. The quantitative estimate of drug-likeness (QED) is 0.646. The number of hydrogen-bond donors (Lipinski definition) is 2. The van der Waals surface area contributed by atoms with E-state index in [0.29, 0.717) is 0 Å². The largest absolute Gasteiger partial charge is 0.387 e. The fourth-order valence-electron chi connectivity index (χ4n) is 2.14. The van der Waals surface area contributed by atoms with Gasteiger partial charge in [0.15, 0.2) is 0 Å². The van der Waals surface area contributed by atoms with Gasteiger partial charge < -0.3 is 5.11 Å². The van der Waals surface area contributed by atoms with Gasteiger partial charge in [0, 0.05) is 12.1 Å². The van der Waals surface area contributed by atoms with E-state index in [1.807, 2.05) is 5.32 Å². The highest BCUT2D eigenvalue weighted by molar-refractivity contribution is 6.42. The Morgan fingerprint density at radius 1 is 1.36 bits per heavy atom. The molecular formula is C14H12Cl2N2O4. The molecule has 116 valence electrons. The van der Waals surface area contributed by atoms with E-state index in [0.717, 1.165) is 4.90 Å². The number of benzene rings is 1. The van der Waals surface area contributed by atoms with Crippen molar-refractivity contribution in [2.24, 2.45) is 5.92 Å². The summed E-state index contributed by atoms with van der Waals surface area (Å²) in [5, 5.41) is 12.6. The van der Waals surface area contributed by atoms with Crippen molar-refractivity contribution in [1.82, 2.24) is 10.2 Å². The molecule has 1 aromatic rings. The van der Waals surface area contributed by atoms with Crippen molar-refractivity contribution in [3.63, 3.8) is 0 Å². The van der Waals surface area contributed by atoms with Crippen LogP contribution in [0.2, 0.25) is 10.0 Å². The van der Waals surface area contributed by atoms with Crippen molar-refractivity contribution in [2.75, 3.05) is 6.54 Å². The molecule has 22 heavy (non-hydrogen) atoms. The highest BCUT2D eigenvalue weighted by Crippen LogP contribution is 2.34. The molecule has 1 heterocycles. The van der Waals surface area contributed by atoms with Crippen molar-refractivity contribution >= 4 is 41.0 Å². The van der Waals surface area contributed by atoms with Crippen LogP contribution in [0.1, 0.15) is 11.7 Å². The van der Waals surface area contributed by atoms with Gasteiger partial charge in [-0.15, -0.1) is 6.58 Å². The number of urea groups is 1. The third-order valence-electron chi connectivity index (χ3n) is 3.22. The van der Waals surface area contributed by atoms with Crippen molar-refractivity contribution < 1.29 is 19.5 Å². The average molecular weight is 343 g/mol. The standard InChI is InChI=1S/C14H12Cl2N2O4/c1-2-6-18-13(21)9(12(20)17-14(18)22)11(19)7-4-3-5-8(15)10(7)16/h2-5,9,11,19H,1,6H2,(H,17,20,22)/t9-,11-/m1/s1.